The Morgan fingerprint density at radius 3 is 2.44 bits per heavy atom. The minimum absolute atomic E-state index is 0.0416. The summed E-state index contributed by atoms with van der Waals surface area (Å²) < 4.78 is 0. The summed E-state index contributed by atoms with van der Waals surface area (Å²) in [5.74, 6) is 1.23. The number of likely N-dealkylation sites (N-methyl/N-ethyl adjacent to an activating group) is 1. The first-order chi connectivity index (χ1) is 12.2. The van der Waals surface area contributed by atoms with Crippen LogP contribution < -0.4 is 4.90 Å². The number of amides is 1. The minimum atomic E-state index is -0.0416. The van der Waals surface area contributed by atoms with E-state index in [0.717, 1.165) is 43.7 Å². The molecule has 1 fully saturated rings. The van der Waals surface area contributed by atoms with Crippen molar-refractivity contribution in [2.24, 2.45) is 0 Å². The molecule has 0 radical (unpaired) electrons. The van der Waals surface area contributed by atoms with E-state index < -0.39 is 0 Å². The van der Waals surface area contributed by atoms with Gasteiger partial charge in [0.2, 0.25) is 5.91 Å². The van der Waals surface area contributed by atoms with Crippen molar-refractivity contribution in [3.8, 4) is 0 Å². The number of pyridine rings is 1. The second-order valence-corrected chi connectivity index (χ2v) is 6.73. The molecule has 3 rings (SSSR count). The van der Waals surface area contributed by atoms with Crippen LogP contribution in [0.5, 0.6) is 0 Å². The average Bonchev–Trinajstić information content (AvgIpc) is 2.69. The van der Waals surface area contributed by atoms with Crippen molar-refractivity contribution in [2.75, 3.05) is 25.0 Å². The van der Waals surface area contributed by atoms with Crippen LogP contribution in [0.1, 0.15) is 37.7 Å². The molecule has 0 unspecified atom stereocenters. The van der Waals surface area contributed by atoms with Crippen LogP contribution in [0.15, 0.2) is 54.7 Å². The van der Waals surface area contributed by atoms with Crippen LogP contribution in [0.25, 0.3) is 0 Å². The monoisotopic (exact) mass is 337 g/mol. The summed E-state index contributed by atoms with van der Waals surface area (Å²) in [5.41, 5.74) is 1.12. The van der Waals surface area contributed by atoms with Crippen LogP contribution in [-0.4, -0.2) is 42.0 Å². The van der Waals surface area contributed by atoms with E-state index in [-0.39, 0.29) is 11.8 Å². The Kier molecular flexibility index (Phi) is 5.69. The van der Waals surface area contributed by atoms with Crippen LogP contribution in [-0.2, 0) is 4.79 Å². The van der Waals surface area contributed by atoms with Crippen LogP contribution >= 0.6 is 0 Å². The predicted octanol–water partition coefficient (Wildman–Crippen LogP) is 3.70. The van der Waals surface area contributed by atoms with Crippen molar-refractivity contribution >= 4 is 11.7 Å². The van der Waals surface area contributed by atoms with Crippen molar-refractivity contribution in [3.05, 3.63) is 60.3 Å². The predicted molar refractivity (Wildman–Crippen MR) is 102 cm³/mol. The number of anilines is 1. The van der Waals surface area contributed by atoms with Gasteiger partial charge in [-0.3, -0.25) is 4.79 Å². The van der Waals surface area contributed by atoms with Crippen molar-refractivity contribution in [1.82, 2.24) is 9.88 Å². The third-order valence-corrected chi connectivity index (χ3v) is 5.24. The molecule has 4 nitrogen and oxygen atoms in total. The van der Waals surface area contributed by atoms with Crippen LogP contribution in [0, 0.1) is 0 Å². The van der Waals surface area contributed by atoms with Crippen molar-refractivity contribution < 1.29 is 4.79 Å². The summed E-state index contributed by atoms with van der Waals surface area (Å²) >= 11 is 0. The second-order valence-electron chi connectivity index (χ2n) is 6.73. The Morgan fingerprint density at radius 1 is 1.16 bits per heavy atom. The number of piperidine rings is 1. The molecule has 1 aliphatic rings. The van der Waals surface area contributed by atoms with Gasteiger partial charge in [-0.1, -0.05) is 43.3 Å². The summed E-state index contributed by atoms with van der Waals surface area (Å²) in [6, 6.07) is 16.5. The van der Waals surface area contributed by atoms with Gasteiger partial charge in [0.1, 0.15) is 5.82 Å². The van der Waals surface area contributed by atoms with Crippen LogP contribution in [0.4, 0.5) is 5.82 Å². The normalized spacial score (nSPS) is 16.5. The van der Waals surface area contributed by atoms with Gasteiger partial charge in [-0.2, -0.15) is 0 Å². The fraction of sp³-hybridized carbons (Fsp3) is 0.429. The van der Waals surface area contributed by atoms with Gasteiger partial charge in [0.05, 0.1) is 5.92 Å². The molecule has 132 valence electrons. The van der Waals surface area contributed by atoms with E-state index in [1.54, 1.807) is 0 Å². The zero-order chi connectivity index (χ0) is 17.6. The molecule has 0 spiro atoms. The van der Waals surface area contributed by atoms with Gasteiger partial charge in [0.15, 0.2) is 0 Å². The average molecular weight is 337 g/mol. The standard InChI is InChI=1S/C21H27N3O/c1-3-19(17-9-5-4-6-10-17)21(25)23(2)18-12-15-24(16-13-18)20-11-7-8-14-22-20/h4-11,14,18-19H,3,12-13,15-16H2,1-2H3/t19-/m0/s1. The summed E-state index contributed by atoms with van der Waals surface area (Å²) in [7, 11) is 1.97. The maximum absolute atomic E-state index is 13.0. The quantitative estimate of drug-likeness (QED) is 0.835. The maximum Gasteiger partial charge on any atom is 0.230 e. The second kappa shape index (κ2) is 8.15. The number of rotatable bonds is 5. The smallest absolute Gasteiger partial charge is 0.230 e. The number of hydrogen-bond donors (Lipinski definition) is 0. The SMILES string of the molecule is CC[C@H](C(=O)N(C)C1CCN(c2ccccn2)CC1)c1ccccc1. The molecule has 1 aromatic carbocycles. The third kappa shape index (κ3) is 4.01. The van der Waals surface area contributed by atoms with Crippen molar-refractivity contribution in [2.45, 2.75) is 38.1 Å². The van der Waals surface area contributed by atoms with E-state index in [0.29, 0.717) is 6.04 Å². The lowest BCUT2D eigenvalue weighted by atomic mass is 9.93. The molecule has 2 aromatic rings. The Hall–Kier alpha value is -2.36. The lowest BCUT2D eigenvalue weighted by molar-refractivity contribution is -0.134. The van der Waals surface area contributed by atoms with Gasteiger partial charge in [-0.25, -0.2) is 4.98 Å². The first-order valence-electron chi connectivity index (χ1n) is 9.18. The topological polar surface area (TPSA) is 36.4 Å². The number of benzene rings is 1. The van der Waals surface area contributed by atoms with Gasteiger partial charge < -0.3 is 9.80 Å². The molecule has 2 heterocycles. The highest BCUT2D eigenvalue weighted by Gasteiger charge is 2.29. The van der Waals surface area contributed by atoms with Gasteiger partial charge >= 0.3 is 0 Å². The molecule has 0 saturated carbocycles. The van der Waals surface area contributed by atoms with E-state index in [4.69, 9.17) is 0 Å². The Labute approximate surface area is 150 Å². The van der Waals surface area contributed by atoms with E-state index in [1.807, 2.05) is 48.5 Å². The van der Waals surface area contributed by atoms with E-state index in [2.05, 4.69) is 35.0 Å². The highest BCUT2D eigenvalue weighted by molar-refractivity contribution is 5.83. The van der Waals surface area contributed by atoms with Crippen molar-refractivity contribution in [1.29, 1.82) is 0 Å². The first-order valence-corrected chi connectivity index (χ1v) is 9.18. The molecule has 0 N–H and O–H groups in total. The van der Waals surface area contributed by atoms with Crippen molar-refractivity contribution in [3.63, 3.8) is 0 Å². The van der Waals surface area contributed by atoms with E-state index in [1.165, 1.54) is 0 Å². The molecule has 0 aliphatic carbocycles. The lowest BCUT2D eigenvalue weighted by Crippen LogP contribution is -2.47. The summed E-state index contributed by atoms with van der Waals surface area (Å²) in [6.45, 7) is 3.98. The number of nitrogens with zero attached hydrogens (tertiary/aromatic N) is 3. The first kappa shape index (κ1) is 17.5. The fourth-order valence-electron chi connectivity index (χ4n) is 3.69. The van der Waals surface area contributed by atoms with Gasteiger partial charge in [0.25, 0.3) is 0 Å². The van der Waals surface area contributed by atoms with Crippen LogP contribution in [0.3, 0.4) is 0 Å². The number of hydrogen-bond acceptors (Lipinski definition) is 3. The van der Waals surface area contributed by atoms with Gasteiger partial charge in [-0.05, 0) is 37.0 Å². The Balaban J connectivity index is 1.62. The molecule has 0 bridgehead atoms. The molecular weight excluding hydrogens is 310 g/mol. The van der Waals surface area contributed by atoms with Crippen LogP contribution in [0.2, 0.25) is 0 Å². The summed E-state index contributed by atoms with van der Waals surface area (Å²) in [6.07, 6.45) is 4.65. The molecular formula is C21H27N3O. The molecule has 1 saturated heterocycles. The largest absolute Gasteiger partial charge is 0.356 e. The number of carbonyl (C=O) groups excluding carboxylic acids is 1. The van der Waals surface area contributed by atoms with Gasteiger partial charge in [-0.15, -0.1) is 0 Å². The fourth-order valence-corrected chi connectivity index (χ4v) is 3.69. The molecule has 1 atom stereocenters. The van der Waals surface area contributed by atoms with E-state index in [9.17, 15) is 4.79 Å². The molecule has 1 aromatic heterocycles. The highest BCUT2D eigenvalue weighted by atomic mass is 16.2. The molecule has 1 amide bonds. The highest BCUT2D eigenvalue weighted by Crippen LogP contribution is 2.26. The maximum atomic E-state index is 13.0. The Morgan fingerprint density at radius 2 is 1.84 bits per heavy atom. The minimum Gasteiger partial charge on any atom is -0.356 e. The Bertz CT molecular complexity index is 666. The third-order valence-electron chi connectivity index (χ3n) is 5.24. The molecule has 4 heteroatoms. The zero-order valence-corrected chi connectivity index (χ0v) is 15.1. The summed E-state index contributed by atoms with van der Waals surface area (Å²) in [4.78, 5) is 21.8. The molecule has 25 heavy (non-hydrogen) atoms. The number of carbonyl (C=O) groups is 1. The molecule has 1 aliphatic heterocycles. The lowest BCUT2D eigenvalue weighted by Gasteiger charge is -2.38. The zero-order valence-electron chi connectivity index (χ0n) is 15.1. The van der Waals surface area contributed by atoms with Gasteiger partial charge in [0, 0.05) is 32.4 Å². The number of aromatic nitrogens is 1. The van der Waals surface area contributed by atoms with E-state index >= 15 is 0 Å². The summed E-state index contributed by atoms with van der Waals surface area (Å²) in [5, 5.41) is 0.